The summed E-state index contributed by atoms with van der Waals surface area (Å²) in [7, 11) is 5.12. The van der Waals surface area contributed by atoms with Crippen LogP contribution in [0, 0.1) is 0 Å². The van der Waals surface area contributed by atoms with Crippen molar-refractivity contribution in [1.29, 1.82) is 0 Å². The molecule has 0 aliphatic carbocycles. The molecule has 3 rings (SSSR count). The van der Waals surface area contributed by atoms with Gasteiger partial charge in [0.05, 0.1) is 25.8 Å². The van der Waals surface area contributed by atoms with Crippen LogP contribution in [0.5, 0.6) is 11.5 Å². The summed E-state index contributed by atoms with van der Waals surface area (Å²) in [4.78, 5) is 8.62. The molecule has 0 atom stereocenters. The lowest BCUT2D eigenvalue weighted by Gasteiger charge is -2.11. The number of hydrogen-bond donors (Lipinski definition) is 0. The molecule has 2 heterocycles. The molecule has 0 radical (unpaired) electrons. The van der Waals surface area contributed by atoms with E-state index >= 15 is 0 Å². The Bertz CT molecular complexity index is 853. The minimum Gasteiger partial charge on any atom is -0.493 e. The number of benzene rings is 1. The first-order valence-electron chi connectivity index (χ1n) is 6.80. The normalized spacial score (nSPS) is 11.0. The summed E-state index contributed by atoms with van der Waals surface area (Å²) in [6, 6.07) is 3.88. The fourth-order valence-corrected chi connectivity index (χ4v) is 3.81. The number of thioether (sulfide) groups is 1. The molecule has 0 unspecified atom stereocenters. The average molecular weight is 395 g/mol. The maximum absolute atomic E-state index is 5.36. The van der Waals surface area contributed by atoms with Crippen LogP contribution < -0.4 is 9.47 Å². The number of hydrogen-bond acceptors (Lipinski definition) is 6. The third-order valence-electron chi connectivity index (χ3n) is 3.41. The number of halogens is 1. The zero-order chi connectivity index (χ0) is 16.4. The Morgan fingerprint density at radius 1 is 1.17 bits per heavy atom. The van der Waals surface area contributed by atoms with E-state index in [1.54, 1.807) is 43.2 Å². The SMILES string of the molecule is COc1cc(Br)c(CSc2ncnc3c2cnn3C)cc1OC. The Morgan fingerprint density at radius 3 is 2.65 bits per heavy atom. The largest absolute Gasteiger partial charge is 0.493 e. The van der Waals surface area contributed by atoms with E-state index in [-0.39, 0.29) is 0 Å². The number of fused-ring (bicyclic) bond motifs is 1. The Labute approximate surface area is 146 Å². The van der Waals surface area contributed by atoms with E-state index in [9.17, 15) is 0 Å². The summed E-state index contributed by atoms with van der Waals surface area (Å²) in [6.45, 7) is 0. The van der Waals surface area contributed by atoms with Crippen LogP contribution in [0.2, 0.25) is 0 Å². The Hall–Kier alpha value is -1.80. The average Bonchev–Trinajstić information content (AvgIpc) is 2.95. The van der Waals surface area contributed by atoms with Gasteiger partial charge in [0.25, 0.3) is 0 Å². The van der Waals surface area contributed by atoms with Crippen LogP contribution in [0.25, 0.3) is 11.0 Å². The summed E-state index contributed by atoms with van der Waals surface area (Å²) >= 11 is 5.21. The summed E-state index contributed by atoms with van der Waals surface area (Å²) in [5.41, 5.74) is 1.93. The molecule has 0 spiro atoms. The van der Waals surface area contributed by atoms with Gasteiger partial charge in [-0.2, -0.15) is 5.10 Å². The monoisotopic (exact) mass is 394 g/mol. The standard InChI is InChI=1S/C15H15BrN4O2S/c1-20-14-10(6-19-20)15(18-8-17-14)23-7-9-4-12(21-2)13(22-3)5-11(9)16/h4-6,8H,7H2,1-3H3. The summed E-state index contributed by atoms with van der Waals surface area (Å²) in [5, 5.41) is 6.10. The smallest absolute Gasteiger partial charge is 0.162 e. The van der Waals surface area contributed by atoms with Crippen LogP contribution in [0.15, 0.2) is 34.2 Å². The Morgan fingerprint density at radius 2 is 1.91 bits per heavy atom. The van der Waals surface area contributed by atoms with E-state index in [0.29, 0.717) is 11.5 Å². The summed E-state index contributed by atoms with van der Waals surface area (Å²) in [6.07, 6.45) is 3.36. The van der Waals surface area contributed by atoms with Crippen LogP contribution in [0.4, 0.5) is 0 Å². The van der Waals surface area contributed by atoms with Gasteiger partial charge in [0.2, 0.25) is 0 Å². The molecule has 23 heavy (non-hydrogen) atoms. The van der Waals surface area contributed by atoms with Gasteiger partial charge >= 0.3 is 0 Å². The number of nitrogens with zero attached hydrogens (tertiary/aromatic N) is 4. The predicted octanol–water partition coefficient (Wildman–Crippen LogP) is 3.44. The lowest BCUT2D eigenvalue weighted by atomic mass is 10.2. The van der Waals surface area contributed by atoms with Crippen LogP contribution >= 0.6 is 27.7 Å². The van der Waals surface area contributed by atoms with Crippen LogP contribution in [0.3, 0.4) is 0 Å². The molecular formula is C15H15BrN4O2S. The Kier molecular flexibility index (Phi) is 4.72. The number of methoxy groups -OCH3 is 2. The zero-order valence-electron chi connectivity index (χ0n) is 12.9. The summed E-state index contributed by atoms with van der Waals surface area (Å²) < 4.78 is 13.4. The van der Waals surface area contributed by atoms with Crippen molar-refractivity contribution in [2.75, 3.05) is 14.2 Å². The van der Waals surface area contributed by atoms with Crippen molar-refractivity contribution in [3.05, 3.63) is 34.7 Å². The lowest BCUT2D eigenvalue weighted by molar-refractivity contribution is 0.354. The topological polar surface area (TPSA) is 62.1 Å². The van der Waals surface area contributed by atoms with Gasteiger partial charge in [0.15, 0.2) is 17.1 Å². The minimum absolute atomic E-state index is 0.699. The highest BCUT2D eigenvalue weighted by atomic mass is 79.9. The molecule has 0 aliphatic rings. The van der Waals surface area contributed by atoms with Crippen molar-refractivity contribution in [1.82, 2.24) is 19.7 Å². The maximum Gasteiger partial charge on any atom is 0.162 e. The second kappa shape index (κ2) is 6.76. The van der Waals surface area contributed by atoms with E-state index in [1.807, 2.05) is 19.2 Å². The van der Waals surface area contributed by atoms with Crippen LogP contribution in [-0.2, 0) is 12.8 Å². The first kappa shape index (κ1) is 16.1. The molecule has 3 aromatic rings. The fraction of sp³-hybridized carbons (Fsp3) is 0.267. The van der Waals surface area contributed by atoms with E-state index in [2.05, 4.69) is 31.0 Å². The zero-order valence-corrected chi connectivity index (χ0v) is 15.3. The highest BCUT2D eigenvalue weighted by Gasteiger charge is 2.12. The van der Waals surface area contributed by atoms with E-state index < -0.39 is 0 Å². The maximum atomic E-state index is 5.36. The molecule has 120 valence electrons. The van der Waals surface area contributed by atoms with Crippen molar-refractivity contribution >= 4 is 38.7 Å². The molecule has 0 amide bonds. The van der Waals surface area contributed by atoms with Gasteiger partial charge in [-0.15, -0.1) is 11.8 Å². The minimum atomic E-state index is 0.699. The fourth-order valence-electron chi connectivity index (χ4n) is 2.21. The highest BCUT2D eigenvalue weighted by Crippen LogP contribution is 2.36. The van der Waals surface area contributed by atoms with Crippen molar-refractivity contribution in [2.24, 2.45) is 7.05 Å². The third kappa shape index (κ3) is 3.13. The lowest BCUT2D eigenvalue weighted by Crippen LogP contribution is -1.94. The molecule has 0 aliphatic heterocycles. The van der Waals surface area contributed by atoms with Crippen LogP contribution in [-0.4, -0.2) is 34.0 Å². The van der Waals surface area contributed by atoms with E-state index in [1.165, 1.54) is 0 Å². The first-order chi connectivity index (χ1) is 11.1. The quantitative estimate of drug-likeness (QED) is 0.487. The molecule has 0 fully saturated rings. The number of ether oxygens (including phenoxy) is 2. The van der Waals surface area contributed by atoms with Gasteiger partial charge in [-0.25, -0.2) is 9.97 Å². The van der Waals surface area contributed by atoms with Gasteiger partial charge < -0.3 is 9.47 Å². The van der Waals surface area contributed by atoms with Gasteiger partial charge in [-0.05, 0) is 17.7 Å². The molecule has 0 saturated carbocycles. The Balaban J connectivity index is 1.88. The number of rotatable bonds is 5. The second-order valence-electron chi connectivity index (χ2n) is 4.77. The molecule has 2 aromatic heterocycles. The summed E-state index contributed by atoms with van der Waals surface area (Å²) in [5.74, 6) is 2.15. The molecule has 6 nitrogen and oxygen atoms in total. The number of aryl methyl sites for hydroxylation is 1. The van der Waals surface area contributed by atoms with Gasteiger partial charge in [0.1, 0.15) is 11.4 Å². The predicted molar refractivity (Wildman–Crippen MR) is 93.1 cm³/mol. The molecule has 0 N–H and O–H groups in total. The second-order valence-corrected chi connectivity index (χ2v) is 6.59. The van der Waals surface area contributed by atoms with Crippen LogP contribution in [0.1, 0.15) is 5.56 Å². The van der Waals surface area contributed by atoms with Crippen molar-refractivity contribution < 1.29 is 9.47 Å². The first-order valence-corrected chi connectivity index (χ1v) is 8.57. The molecule has 1 aromatic carbocycles. The van der Waals surface area contributed by atoms with Crippen molar-refractivity contribution in [2.45, 2.75) is 10.8 Å². The van der Waals surface area contributed by atoms with Gasteiger partial charge in [0, 0.05) is 17.3 Å². The van der Waals surface area contributed by atoms with Crippen molar-refractivity contribution in [3.63, 3.8) is 0 Å². The third-order valence-corrected chi connectivity index (χ3v) is 5.20. The van der Waals surface area contributed by atoms with E-state index in [4.69, 9.17) is 9.47 Å². The molecule has 8 heteroatoms. The van der Waals surface area contributed by atoms with Crippen molar-refractivity contribution in [3.8, 4) is 11.5 Å². The molecule has 0 saturated heterocycles. The molecular weight excluding hydrogens is 380 g/mol. The number of aromatic nitrogens is 4. The van der Waals surface area contributed by atoms with Gasteiger partial charge in [-0.3, -0.25) is 4.68 Å². The van der Waals surface area contributed by atoms with E-state index in [0.717, 1.165) is 31.8 Å². The highest BCUT2D eigenvalue weighted by molar-refractivity contribution is 9.10. The molecule has 0 bridgehead atoms. The van der Waals surface area contributed by atoms with Gasteiger partial charge in [-0.1, -0.05) is 15.9 Å².